The van der Waals surface area contributed by atoms with E-state index in [0.29, 0.717) is 18.7 Å². The van der Waals surface area contributed by atoms with Gasteiger partial charge in [-0.25, -0.2) is 8.42 Å². The van der Waals surface area contributed by atoms with E-state index in [1.165, 1.54) is 4.31 Å². The molecule has 2 aromatic carbocycles. The zero-order chi connectivity index (χ0) is 20.7. The molecular weight excluding hydrogens is 390 g/mol. The maximum absolute atomic E-state index is 13.0. The van der Waals surface area contributed by atoms with E-state index in [1.54, 1.807) is 54.6 Å². The maximum Gasteiger partial charge on any atom is 0.313 e. The van der Waals surface area contributed by atoms with Crippen LogP contribution in [0.3, 0.4) is 0 Å². The molecule has 1 fully saturated rings. The van der Waals surface area contributed by atoms with Gasteiger partial charge in [-0.3, -0.25) is 9.59 Å². The third-order valence-electron chi connectivity index (χ3n) is 4.92. The number of benzene rings is 2. The molecule has 2 amide bonds. The molecule has 1 aliphatic heterocycles. The van der Waals surface area contributed by atoms with Crippen molar-refractivity contribution in [1.29, 1.82) is 0 Å². The van der Waals surface area contributed by atoms with Gasteiger partial charge in [0.15, 0.2) is 0 Å². The van der Waals surface area contributed by atoms with Crippen LogP contribution in [0.25, 0.3) is 0 Å². The summed E-state index contributed by atoms with van der Waals surface area (Å²) in [4.78, 5) is 24.3. The Morgan fingerprint density at radius 3 is 2.28 bits per heavy atom. The van der Waals surface area contributed by atoms with Gasteiger partial charge in [0.2, 0.25) is 10.0 Å². The molecule has 154 valence electrons. The number of anilines is 1. The van der Waals surface area contributed by atoms with Gasteiger partial charge in [0.05, 0.1) is 4.90 Å². The van der Waals surface area contributed by atoms with Crippen LogP contribution in [0.4, 0.5) is 5.69 Å². The van der Waals surface area contributed by atoms with Crippen LogP contribution in [-0.4, -0.2) is 43.7 Å². The van der Waals surface area contributed by atoms with Gasteiger partial charge in [-0.2, -0.15) is 4.31 Å². The van der Waals surface area contributed by atoms with Gasteiger partial charge in [0.25, 0.3) is 0 Å². The minimum Gasteiger partial charge on any atom is -0.348 e. The summed E-state index contributed by atoms with van der Waals surface area (Å²) < 4.78 is 27.5. The number of rotatable bonds is 6. The molecular formula is C21H25N3O4S. The van der Waals surface area contributed by atoms with Crippen LogP contribution >= 0.6 is 0 Å². The summed E-state index contributed by atoms with van der Waals surface area (Å²) in [6, 6.07) is 16.9. The molecule has 1 heterocycles. The van der Waals surface area contributed by atoms with Crippen molar-refractivity contribution in [2.45, 2.75) is 36.6 Å². The van der Waals surface area contributed by atoms with Crippen molar-refractivity contribution in [3.63, 3.8) is 0 Å². The van der Waals surface area contributed by atoms with Crippen molar-refractivity contribution in [3.8, 4) is 0 Å². The highest BCUT2D eigenvalue weighted by Crippen LogP contribution is 2.26. The lowest BCUT2D eigenvalue weighted by atomic mass is 10.0. The first-order chi connectivity index (χ1) is 14.0. The Morgan fingerprint density at radius 1 is 0.931 bits per heavy atom. The number of piperidine rings is 1. The first-order valence-electron chi connectivity index (χ1n) is 9.69. The molecule has 0 saturated carbocycles. The van der Waals surface area contributed by atoms with E-state index in [0.717, 1.165) is 19.3 Å². The van der Waals surface area contributed by atoms with Gasteiger partial charge in [0, 0.05) is 24.8 Å². The highest BCUT2D eigenvalue weighted by molar-refractivity contribution is 7.89. The Balaban J connectivity index is 1.56. The summed E-state index contributed by atoms with van der Waals surface area (Å²) >= 11 is 0. The molecule has 0 unspecified atom stereocenters. The first-order valence-corrected chi connectivity index (χ1v) is 11.1. The van der Waals surface area contributed by atoms with Gasteiger partial charge in [-0.05, 0) is 43.5 Å². The topological polar surface area (TPSA) is 95.6 Å². The van der Waals surface area contributed by atoms with E-state index in [-0.39, 0.29) is 17.5 Å². The largest absolute Gasteiger partial charge is 0.348 e. The van der Waals surface area contributed by atoms with Crippen molar-refractivity contribution in [2.75, 3.05) is 18.4 Å². The van der Waals surface area contributed by atoms with Crippen LogP contribution in [0.1, 0.15) is 25.7 Å². The molecule has 7 nitrogen and oxygen atoms in total. The van der Waals surface area contributed by atoms with Crippen LogP contribution in [-0.2, 0) is 19.6 Å². The van der Waals surface area contributed by atoms with Crippen molar-refractivity contribution in [3.05, 3.63) is 60.7 Å². The molecule has 0 aromatic heterocycles. The fourth-order valence-corrected chi connectivity index (χ4v) is 5.19. The Hall–Kier alpha value is -2.71. The Kier molecular flexibility index (Phi) is 7.00. The summed E-state index contributed by atoms with van der Waals surface area (Å²) in [6.07, 6.45) is 2.94. The molecule has 2 aromatic rings. The summed E-state index contributed by atoms with van der Waals surface area (Å²) in [5.41, 5.74) is 0.542. The molecule has 29 heavy (non-hydrogen) atoms. The minimum absolute atomic E-state index is 0.202. The van der Waals surface area contributed by atoms with Crippen LogP contribution in [0.5, 0.6) is 0 Å². The van der Waals surface area contributed by atoms with Gasteiger partial charge in [-0.1, -0.05) is 42.8 Å². The number of hydrogen-bond donors (Lipinski definition) is 2. The standard InChI is InChI=1S/C21H25N3O4S/c25-20(21(26)23-17-9-3-1-4-10-17)22-15-14-18-11-7-8-16-24(18)29(27,28)19-12-5-2-6-13-19/h1-6,9-10,12-13,18H,7-8,11,14-16H2,(H,22,25)(H,23,26)/t18-/m0/s1. The molecule has 8 heteroatoms. The lowest BCUT2D eigenvalue weighted by Crippen LogP contribution is -2.45. The predicted octanol–water partition coefficient (Wildman–Crippen LogP) is 2.37. The lowest BCUT2D eigenvalue weighted by Gasteiger charge is -2.34. The summed E-state index contributed by atoms with van der Waals surface area (Å²) in [6.45, 7) is 0.691. The van der Waals surface area contributed by atoms with Gasteiger partial charge in [-0.15, -0.1) is 0 Å². The first kappa shape index (κ1) is 21.0. The number of hydrogen-bond acceptors (Lipinski definition) is 4. The normalized spacial score (nSPS) is 17.4. The van der Waals surface area contributed by atoms with E-state index in [2.05, 4.69) is 10.6 Å². The number of sulfonamides is 1. The molecule has 1 saturated heterocycles. The Morgan fingerprint density at radius 2 is 1.59 bits per heavy atom. The molecule has 0 aliphatic carbocycles. The van der Waals surface area contributed by atoms with Crippen molar-refractivity contribution >= 4 is 27.5 Å². The number of nitrogens with one attached hydrogen (secondary N) is 2. The average molecular weight is 416 g/mol. The highest BCUT2D eigenvalue weighted by Gasteiger charge is 2.33. The van der Waals surface area contributed by atoms with Crippen LogP contribution < -0.4 is 10.6 Å². The van der Waals surface area contributed by atoms with Crippen molar-refractivity contribution in [2.24, 2.45) is 0 Å². The summed E-state index contributed by atoms with van der Waals surface area (Å²) in [7, 11) is -3.58. The summed E-state index contributed by atoms with van der Waals surface area (Å²) in [5.74, 6) is -1.48. The van der Waals surface area contributed by atoms with E-state index < -0.39 is 21.8 Å². The smallest absolute Gasteiger partial charge is 0.313 e. The van der Waals surface area contributed by atoms with E-state index in [4.69, 9.17) is 0 Å². The number of para-hydroxylation sites is 1. The second-order valence-electron chi connectivity index (χ2n) is 6.94. The van der Waals surface area contributed by atoms with Crippen LogP contribution in [0.15, 0.2) is 65.6 Å². The predicted molar refractivity (Wildman–Crippen MR) is 111 cm³/mol. The quantitative estimate of drug-likeness (QED) is 0.708. The number of amides is 2. The van der Waals surface area contributed by atoms with E-state index >= 15 is 0 Å². The van der Waals surface area contributed by atoms with Crippen LogP contribution in [0.2, 0.25) is 0 Å². The van der Waals surface area contributed by atoms with Crippen molar-refractivity contribution in [1.82, 2.24) is 9.62 Å². The number of carbonyl (C=O) groups excluding carboxylic acids is 2. The fourth-order valence-electron chi connectivity index (χ4n) is 3.45. The van der Waals surface area contributed by atoms with Crippen molar-refractivity contribution < 1.29 is 18.0 Å². The fraction of sp³-hybridized carbons (Fsp3) is 0.333. The van der Waals surface area contributed by atoms with Gasteiger partial charge < -0.3 is 10.6 Å². The lowest BCUT2D eigenvalue weighted by molar-refractivity contribution is -0.136. The highest BCUT2D eigenvalue weighted by atomic mass is 32.2. The molecule has 0 spiro atoms. The molecule has 2 N–H and O–H groups in total. The Labute approximate surface area is 171 Å². The number of carbonyl (C=O) groups is 2. The minimum atomic E-state index is -3.58. The van der Waals surface area contributed by atoms with Gasteiger partial charge >= 0.3 is 11.8 Å². The monoisotopic (exact) mass is 415 g/mol. The second kappa shape index (κ2) is 9.67. The van der Waals surface area contributed by atoms with E-state index in [1.807, 2.05) is 6.07 Å². The SMILES string of the molecule is O=C(NCC[C@@H]1CCCCN1S(=O)(=O)c1ccccc1)C(=O)Nc1ccccc1. The second-order valence-corrected chi connectivity index (χ2v) is 8.83. The zero-order valence-corrected chi connectivity index (χ0v) is 16.9. The molecule has 0 bridgehead atoms. The van der Waals surface area contributed by atoms with E-state index in [9.17, 15) is 18.0 Å². The zero-order valence-electron chi connectivity index (χ0n) is 16.1. The number of nitrogens with zero attached hydrogens (tertiary/aromatic N) is 1. The molecule has 1 atom stereocenters. The average Bonchev–Trinajstić information content (AvgIpc) is 2.75. The third kappa shape index (κ3) is 5.42. The molecule has 3 rings (SSSR count). The molecule has 0 radical (unpaired) electrons. The maximum atomic E-state index is 13.0. The molecule has 1 aliphatic rings. The summed E-state index contributed by atoms with van der Waals surface area (Å²) in [5, 5.41) is 5.12. The third-order valence-corrected chi connectivity index (χ3v) is 6.89. The van der Waals surface area contributed by atoms with Gasteiger partial charge in [0.1, 0.15) is 0 Å². The van der Waals surface area contributed by atoms with Crippen LogP contribution in [0, 0.1) is 0 Å². The Bertz CT molecular complexity index is 933.